The van der Waals surface area contributed by atoms with Crippen LogP contribution in [-0.2, 0) is 14.8 Å². The number of rotatable bonds is 4. The van der Waals surface area contributed by atoms with Crippen molar-refractivity contribution >= 4 is 37.5 Å². The summed E-state index contributed by atoms with van der Waals surface area (Å²) >= 11 is 3.48. The minimum Gasteiger partial charge on any atom is -0.324 e. The maximum absolute atomic E-state index is 12.7. The predicted molar refractivity (Wildman–Crippen MR) is 117 cm³/mol. The number of hydrogen-bond donors (Lipinski definition) is 3. The van der Waals surface area contributed by atoms with Crippen molar-refractivity contribution in [1.82, 2.24) is 25.3 Å². The van der Waals surface area contributed by atoms with E-state index in [9.17, 15) is 13.2 Å². The van der Waals surface area contributed by atoms with Gasteiger partial charge in [0.1, 0.15) is 12.5 Å². The fourth-order valence-electron chi connectivity index (χ4n) is 4.20. The summed E-state index contributed by atoms with van der Waals surface area (Å²) in [6.07, 6.45) is 2.72. The van der Waals surface area contributed by atoms with Crippen LogP contribution in [0.3, 0.4) is 0 Å². The molecule has 3 heterocycles. The molecule has 2 atom stereocenters. The lowest BCUT2D eigenvalue weighted by Crippen LogP contribution is -2.69. The van der Waals surface area contributed by atoms with Crippen LogP contribution in [0.2, 0.25) is 0 Å². The summed E-state index contributed by atoms with van der Waals surface area (Å²) in [5, 5.41) is 8.13. The molecule has 0 spiro atoms. The highest BCUT2D eigenvalue weighted by atomic mass is 79.9. The molecule has 3 aliphatic heterocycles. The lowest BCUT2D eigenvalue weighted by molar-refractivity contribution is -0.122. The van der Waals surface area contributed by atoms with Crippen LogP contribution >= 0.6 is 15.9 Å². The van der Waals surface area contributed by atoms with E-state index in [1.807, 2.05) is 36.3 Å². The van der Waals surface area contributed by atoms with Gasteiger partial charge < -0.3 is 5.32 Å². The summed E-state index contributed by atoms with van der Waals surface area (Å²) < 4.78 is 27.5. The number of halogens is 1. The fraction of sp³-hybridized carbons (Fsp3) is 0.526. The number of hydrazine groups is 1. The van der Waals surface area contributed by atoms with Crippen LogP contribution in [0.15, 0.2) is 34.4 Å². The van der Waals surface area contributed by atoms with E-state index in [1.54, 1.807) is 4.31 Å². The van der Waals surface area contributed by atoms with E-state index < -0.39 is 10.0 Å². The van der Waals surface area contributed by atoms with Crippen molar-refractivity contribution in [3.05, 3.63) is 40.0 Å². The van der Waals surface area contributed by atoms with Crippen LogP contribution < -0.4 is 21.1 Å². The van der Waals surface area contributed by atoms with Gasteiger partial charge in [-0.15, -0.1) is 0 Å². The maximum Gasteiger partial charge on any atom is 0.254 e. The zero-order valence-electron chi connectivity index (χ0n) is 16.6. The summed E-state index contributed by atoms with van der Waals surface area (Å²) in [4.78, 5) is 14.8. The third-order valence-electron chi connectivity index (χ3n) is 6.06. The summed E-state index contributed by atoms with van der Waals surface area (Å²) in [6, 6.07) is 5.99. The van der Waals surface area contributed by atoms with Crippen molar-refractivity contribution in [2.45, 2.75) is 37.5 Å². The number of benzene rings is 1. The third-order valence-corrected chi connectivity index (χ3v) is 8.96. The zero-order chi connectivity index (χ0) is 21.0. The van der Waals surface area contributed by atoms with E-state index in [-0.39, 0.29) is 23.6 Å². The number of fused-ring (bicyclic) bond motifs is 1. The summed E-state index contributed by atoms with van der Waals surface area (Å²) in [7, 11) is -3.15. The molecule has 1 aromatic carbocycles. The summed E-state index contributed by atoms with van der Waals surface area (Å²) in [6.45, 7) is 4.08. The Labute approximate surface area is 184 Å². The van der Waals surface area contributed by atoms with Crippen molar-refractivity contribution in [3.8, 4) is 0 Å². The number of nitrogens with one attached hydrogen (secondary N) is 3. The Kier molecular flexibility index (Phi) is 5.15. The topological polar surface area (TPSA) is 97.0 Å². The second-order valence-electron chi connectivity index (χ2n) is 8.17. The Morgan fingerprint density at radius 3 is 2.53 bits per heavy atom. The van der Waals surface area contributed by atoms with E-state index in [0.29, 0.717) is 31.8 Å². The van der Waals surface area contributed by atoms with Crippen molar-refractivity contribution in [2.24, 2.45) is 0 Å². The van der Waals surface area contributed by atoms with Gasteiger partial charge in [0.15, 0.2) is 0 Å². The zero-order valence-corrected chi connectivity index (χ0v) is 19.0. The molecule has 30 heavy (non-hydrogen) atoms. The van der Waals surface area contributed by atoms with Crippen LogP contribution in [0.1, 0.15) is 18.4 Å². The number of nitrogens with zero attached hydrogens (tertiary/aromatic N) is 3. The molecule has 0 radical (unpaired) electrons. The Morgan fingerprint density at radius 2 is 1.87 bits per heavy atom. The van der Waals surface area contributed by atoms with Gasteiger partial charge in [0.2, 0.25) is 10.0 Å². The SMILES string of the molecule is Cc1cc(Br)ccc1N1C=C2C(=O)NC(N3CCN(S(=O)(=O)C4CC4)CC3)NC2N1. The second-order valence-corrected chi connectivity index (χ2v) is 11.3. The average Bonchev–Trinajstić information content (AvgIpc) is 3.49. The first kappa shape index (κ1) is 20.4. The van der Waals surface area contributed by atoms with Crippen molar-refractivity contribution in [1.29, 1.82) is 0 Å². The average molecular weight is 497 g/mol. The largest absolute Gasteiger partial charge is 0.324 e. The van der Waals surface area contributed by atoms with Crippen LogP contribution in [0.25, 0.3) is 0 Å². The lowest BCUT2D eigenvalue weighted by Gasteiger charge is -2.42. The molecule has 2 unspecified atom stereocenters. The molecule has 1 saturated carbocycles. The van der Waals surface area contributed by atoms with Gasteiger partial charge in [0.25, 0.3) is 5.91 Å². The quantitative estimate of drug-likeness (QED) is 0.555. The molecule has 1 aliphatic carbocycles. The minimum absolute atomic E-state index is 0.124. The highest BCUT2D eigenvalue weighted by molar-refractivity contribution is 9.10. The van der Waals surface area contributed by atoms with Crippen LogP contribution in [0.4, 0.5) is 5.69 Å². The third kappa shape index (κ3) is 3.67. The van der Waals surface area contributed by atoms with E-state index in [1.165, 1.54) is 0 Å². The van der Waals surface area contributed by atoms with Gasteiger partial charge in [-0.3, -0.25) is 20.0 Å². The first-order chi connectivity index (χ1) is 14.3. The first-order valence-corrected chi connectivity index (χ1v) is 12.5. The Morgan fingerprint density at radius 1 is 1.13 bits per heavy atom. The molecule has 1 aromatic rings. The van der Waals surface area contributed by atoms with E-state index in [4.69, 9.17) is 0 Å². The molecule has 3 N–H and O–H groups in total. The fourth-order valence-corrected chi connectivity index (χ4v) is 6.50. The molecule has 162 valence electrons. The highest BCUT2D eigenvalue weighted by Crippen LogP contribution is 2.32. The molecule has 2 saturated heterocycles. The number of anilines is 1. The van der Waals surface area contributed by atoms with E-state index >= 15 is 0 Å². The number of amides is 1. The minimum atomic E-state index is -3.15. The molecule has 0 bridgehead atoms. The second kappa shape index (κ2) is 7.57. The number of carbonyl (C=O) groups excluding carboxylic acids is 1. The summed E-state index contributed by atoms with van der Waals surface area (Å²) in [5.41, 5.74) is 6.03. The number of carbonyl (C=O) groups is 1. The van der Waals surface area contributed by atoms with Crippen molar-refractivity contribution in [3.63, 3.8) is 0 Å². The summed E-state index contributed by atoms with van der Waals surface area (Å²) in [5.74, 6) is -0.124. The Balaban J connectivity index is 1.24. The van der Waals surface area contributed by atoms with Crippen molar-refractivity contribution in [2.75, 3.05) is 31.2 Å². The van der Waals surface area contributed by atoms with Crippen LogP contribution in [0.5, 0.6) is 0 Å². The Hall–Kier alpha value is -1.50. The normalized spacial score (nSPS) is 28.3. The van der Waals surface area contributed by atoms with Gasteiger partial charge in [0, 0.05) is 36.9 Å². The smallest absolute Gasteiger partial charge is 0.254 e. The van der Waals surface area contributed by atoms with Crippen molar-refractivity contribution < 1.29 is 13.2 Å². The van der Waals surface area contributed by atoms with Gasteiger partial charge in [-0.05, 0) is 43.5 Å². The van der Waals surface area contributed by atoms with Gasteiger partial charge in [-0.25, -0.2) is 13.8 Å². The monoisotopic (exact) mass is 496 g/mol. The van der Waals surface area contributed by atoms with Gasteiger partial charge in [0.05, 0.1) is 16.5 Å². The number of sulfonamides is 1. The van der Waals surface area contributed by atoms with Crippen LogP contribution in [-0.4, -0.2) is 67.4 Å². The highest BCUT2D eigenvalue weighted by Gasteiger charge is 2.43. The van der Waals surface area contributed by atoms with Gasteiger partial charge >= 0.3 is 0 Å². The first-order valence-electron chi connectivity index (χ1n) is 10.2. The molecule has 5 rings (SSSR count). The molecule has 4 aliphatic rings. The standard InChI is InChI=1S/C19H25BrN6O3S/c1-12-10-13(20)2-5-16(12)26-11-15-17(23-26)21-19(22-18(15)27)24-6-8-25(9-7-24)30(28,29)14-3-4-14/h2,5,10-11,14,17,19,21,23H,3-4,6-9H2,1H3,(H,22,27). The Bertz CT molecular complexity index is 1000. The van der Waals surface area contributed by atoms with E-state index in [2.05, 4.69) is 36.9 Å². The lowest BCUT2D eigenvalue weighted by atomic mass is 10.1. The molecule has 9 nitrogen and oxygen atoms in total. The number of aryl methyl sites for hydroxylation is 1. The molecular formula is C19H25BrN6O3S. The number of hydrogen-bond acceptors (Lipinski definition) is 7. The molecule has 11 heteroatoms. The molecule has 3 fully saturated rings. The molecular weight excluding hydrogens is 472 g/mol. The molecule has 1 amide bonds. The predicted octanol–water partition coefficient (Wildman–Crippen LogP) is 0.405. The van der Waals surface area contributed by atoms with E-state index in [0.717, 1.165) is 28.6 Å². The van der Waals surface area contributed by atoms with Gasteiger partial charge in [-0.1, -0.05) is 15.9 Å². The molecule has 0 aromatic heterocycles. The maximum atomic E-state index is 12.7. The van der Waals surface area contributed by atoms with Gasteiger partial charge in [-0.2, -0.15) is 4.31 Å². The number of piperazine rings is 1. The van der Waals surface area contributed by atoms with Crippen LogP contribution in [0, 0.1) is 6.92 Å².